The number of hydrogen-bond donors (Lipinski definition) is 0. The minimum atomic E-state index is -5.69. The molecule has 1 aliphatic rings. The van der Waals surface area contributed by atoms with Gasteiger partial charge in [-0.1, -0.05) is 45.9 Å². The van der Waals surface area contributed by atoms with Crippen LogP contribution in [0.25, 0.3) is 0 Å². The van der Waals surface area contributed by atoms with E-state index in [0.29, 0.717) is 5.75 Å². The molecule has 27 heavy (non-hydrogen) atoms. The van der Waals surface area contributed by atoms with Crippen molar-refractivity contribution in [3.05, 3.63) is 42.2 Å². The summed E-state index contributed by atoms with van der Waals surface area (Å²) < 4.78 is 67.5. The van der Waals surface area contributed by atoms with E-state index in [1.54, 1.807) is 30.3 Å². The van der Waals surface area contributed by atoms with Crippen LogP contribution in [0.15, 0.2) is 42.2 Å². The summed E-state index contributed by atoms with van der Waals surface area (Å²) in [5, 5.41) is 0. The fraction of sp³-hybridized carbons (Fsp3) is 0.471. The molecule has 10 heteroatoms. The fourth-order valence-corrected chi connectivity index (χ4v) is 2.26. The summed E-state index contributed by atoms with van der Waals surface area (Å²) in [7, 11) is -5.69. The number of rotatable bonds is 3. The monoisotopic (exact) mass is 411 g/mol. The maximum Gasteiger partial charge on any atom is 0.534 e. The van der Waals surface area contributed by atoms with Crippen LogP contribution in [0.2, 0.25) is 0 Å². The number of ether oxygens (including phenoxy) is 1. The van der Waals surface area contributed by atoms with E-state index in [0.717, 1.165) is 6.08 Å². The molecule has 0 bridgehead atoms. The molecule has 0 aliphatic carbocycles. The summed E-state index contributed by atoms with van der Waals surface area (Å²) in [4.78, 5) is 13.1. The lowest BCUT2D eigenvalue weighted by molar-refractivity contribution is -0.0525. The number of carbonyl (C=O) groups is 1. The molecule has 154 valence electrons. The maximum absolute atomic E-state index is 12.2. The smallest absolute Gasteiger partial charge is 0.410 e. The lowest BCUT2D eigenvalue weighted by Crippen LogP contribution is -2.37. The predicted molar refractivity (Wildman–Crippen MR) is 95.5 cm³/mol. The van der Waals surface area contributed by atoms with Crippen molar-refractivity contribution >= 4 is 16.2 Å². The molecule has 2 rings (SSSR count). The third-order valence-corrected chi connectivity index (χ3v) is 3.87. The lowest BCUT2D eigenvalue weighted by atomic mass is 10.2. The average molecular weight is 411 g/mol. The molecule has 1 aromatic carbocycles. The van der Waals surface area contributed by atoms with Gasteiger partial charge in [-0.3, -0.25) is 0 Å². The maximum atomic E-state index is 12.2. The first kappa shape index (κ1) is 24.8. The topological polar surface area (TPSA) is 72.9 Å². The highest BCUT2D eigenvalue weighted by molar-refractivity contribution is 7.87. The number of nitrogens with zero attached hydrogens (tertiary/aromatic N) is 1. The zero-order valence-corrected chi connectivity index (χ0v) is 16.4. The zero-order valence-electron chi connectivity index (χ0n) is 15.6. The molecule has 1 aliphatic heterocycles. The highest BCUT2D eigenvalue weighted by Gasteiger charge is 2.49. The van der Waals surface area contributed by atoms with E-state index < -0.39 is 21.7 Å². The normalized spacial score (nSPS) is 13.9. The Morgan fingerprint density at radius 3 is 2.07 bits per heavy atom. The fourth-order valence-electron chi connectivity index (χ4n) is 1.73. The Morgan fingerprint density at radius 2 is 1.63 bits per heavy atom. The van der Waals surface area contributed by atoms with Crippen molar-refractivity contribution in [2.75, 3.05) is 13.1 Å². The lowest BCUT2D eigenvalue weighted by Gasteiger charge is -2.25. The van der Waals surface area contributed by atoms with Crippen LogP contribution in [-0.4, -0.2) is 38.0 Å². The van der Waals surface area contributed by atoms with Crippen molar-refractivity contribution in [2.24, 2.45) is 0 Å². The number of para-hydroxylation sites is 1. The molecule has 0 radical (unpaired) electrons. The van der Waals surface area contributed by atoms with Gasteiger partial charge in [0, 0.05) is 19.5 Å². The van der Waals surface area contributed by atoms with E-state index in [4.69, 9.17) is 4.74 Å². The third kappa shape index (κ3) is 7.90. The van der Waals surface area contributed by atoms with Crippen LogP contribution in [0.4, 0.5) is 18.0 Å². The molecule has 1 amide bonds. The number of alkyl halides is 3. The van der Waals surface area contributed by atoms with Gasteiger partial charge in [-0.25, -0.2) is 4.79 Å². The van der Waals surface area contributed by atoms with Gasteiger partial charge in [-0.2, -0.15) is 21.6 Å². The first-order valence-corrected chi connectivity index (χ1v) is 9.81. The molecule has 0 saturated heterocycles. The number of carbonyl (C=O) groups excluding carboxylic acids is 1. The van der Waals surface area contributed by atoms with Crippen molar-refractivity contribution in [3.63, 3.8) is 0 Å². The number of amides is 1. The van der Waals surface area contributed by atoms with Gasteiger partial charge >= 0.3 is 21.7 Å². The summed E-state index contributed by atoms with van der Waals surface area (Å²) in [6.45, 7) is 7.86. The number of hydrogen-bond acceptors (Lipinski definition) is 5. The van der Waals surface area contributed by atoms with E-state index in [-0.39, 0.29) is 25.3 Å². The van der Waals surface area contributed by atoms with E-state index in [9.17, 15) is 26.4 Å². The Kier molecular flexibility index (Phi) is 10.5. The minimum absolute atomic E-state index is 0.0229. The van der Waals surface area contributed by atoms with Gasteiger partial charge in [0.15, 0.2) is 0 Å². The SMILES string of the molecule is CC.CC.O=C(Oc1ccccc1)N1CC=C(OS(=O)(=O)C(F)(F)F)CC1. The summed E-state index contributed by atoms with van der Waals surface area (Å²) in [6, 6.07) is 8.23. The third-order valence-electron chi connectivity index (χ3n) is 2.87. The molecule has 1 heterocycles. The first-order valence-electron chi connectivity index (χ1n) is 8.40. The van der Waals surface area contributed by atoms with Crippen LogP contribution in [0.3, 0.4) is 0 Å². The summed E-state index contributed by atoms with van der Waals surface area (Å²) in [6.07, 6.45) is 0.239. The molecule has 1 aromatic rings. The summed E-state index contributed by atoms with van der Waals surface area (Å²) in [5.74, 6) is -0.0331. The summed E-state index contributed by atoms with van der Waals surface area (Å²) in [5.41, 5.74) is -5.49. The summed E-state index contributed by atoms with van der Waals surface area (Å²) >= 11 is 0. The van der Waals surface area contributed by atoms with Gasteiger partial charge < -0.3 is 13.8 Å². The predicted octanol–water partition coefficient (Wildman–Crippen LogP) is 4.69. The minimum Gasteiger partial charge on any atom is -0.410 e. The van der Waals surface area contributed by atoms with Crippen LogP contribution in [0, 0.1) is 0 Å². The van der Waals surface area contributed by atoms with E-state index >= 15 is 0 Å². The number of halogens is 3. The van der Waals surface area contributed by atoms with Crippen molar-refractivity contribution < 1.29 is 35.3 Å². The Balaban J connectivity index is 0.00000158. The molecule has 0 aromatic heterocycles. The second kappa shape index (κ2) is 11.5. The van der Waals surface area contributed by atoms with Crippen molar-refractivity contribution in [2.45, 2.75) is 39.6 Å². The van der Waals surface area contributed by atoms with Crippen LogP contribution in [-0.2, 0) is 14.3 Å². The van der Waals surface area contributed by atoms with E-state index in [1.807, 2.05) is 27.7 Å². The van der Waals surface area contributed by atoms with Gasteiger partial charge in [0.25, 0.3) is 0 Å². The van der Waals surface area contributed by atoms with Crippen LogP contribution < -0.4 is 4.74 Å². The molecule has 6 nitrogen and oxygen atoms in total. The van der Waals surface area contributed by atoms with Gasteiger partial charge in [0.1, 0.15) is 11.5 Å². The quantitative estimate of drug-likeness (QED) is 0.533. The second-order valence-corrected chi connectivity index (χ2v) is 6.07. The molecule has 0 fully saturated rings. The van der Waals surface area contributed by atoms with Gasteiger partial charge in [-0.15, -0.1) is 0 Å². The molecule has 0 atom stereocenters. The van der Waals surface area contributed by atoms with Crippen LogP contribution in [0.5, 0.6) is 5.75 Å². The Hall–Kier alpha value is -2.23. The Morgan fingerprint density at radius 1 is 1.07 bits per heavy atom. The van der Waals surface area contributed by atoms with Gasteiger partial charge in [0.2, 0.25) is 0 Å². The standard InChI is InChI=1S/C13H12F3NO5S.2C2H6/c14-13(15,16)23(19,20)22-11-6-8-17(9-7-11)12(18)21-10-4-2-1-3-5-10;2*1-2/h1-6H,7-9H2;2*1-2H3. The Labute approximate surface area is 157 Å². The molecule has 0 N–H and O–H groups in total. The Bertz CT molecular complexity index is 703. The van der Waals surface area contributed by atoms with E-state index in [2.05, 4.69) is 4.18 Å². The van der Waals surface area contributed by atoms with Gasteiger partial charge in [0.05, 0.1) is 0 Å². The van der Waals surface area contributed by atoms with Crippen molar-refractivity contribution in [3.8, 4) is 5.75 Å². The largest absolute Gasteiger partial charge is 0.534 e. The second-order valence-electron chi connectivity index (χ2n) is 4.53. The van der Waals surface area contributed by atoms with Crippen molar-refractivity contribution in [1.29, 1.82) is 0 Å². The highest BCUT2D eigenvalue weighted by atomic mass is 32.2. The molecule has 0 spiro atoms. The van der Waals surface area contributed by atoms with Crippen LogP contribution in [0.1, 0.15) is 34.1 Å². The molecule has 0 unspecified atom stereocenters. The average Bonchev–Trinajstić information content (AvgIpc) is 2.65. The van der Waals surface area contributed by atoms with E-state index in [1.165, 1.54) is 4.90 Å². The van der Waals surface area contributed by atoms with Crippen LogP contribution >= 0.6 is 0 Å². The highest BCUT2D eigenvalue weighted by Crippen LogP contribution is 2.28. The first-order chi connectivity index (χ1) is 12.7. The van der Waals surface area contributed by atoms with Crippen molar-refractivity contribution in [1.82, 2.24) is 4.90 Å². The van der Waals surface area contributed by atoms with Gasteiger partial charge in [-0.05, 0) is 18.2 Å². The molecule has 0 saturated carbocycles. The molecular formula is C17H24F3NO5S. The zero-order chi connectivity index (χ0) is 21.1. The molecular weight excluding hydrogens is 387 g/mol. The number of benzene rings is 1.